The predicted octanol–water partition coefficient (Wildman–Crippen LogP) is 2.52. The molecule has 0 saturated heterocycles. The van der Waals surface area contributed by atoms with Crippen LogP contribution in [-0.4, -0.2) is 11.5 Å². The van der Waals surface area contributed by atoms with Crippen molar-refractivity contribution in [1.82, 2.24) is 0 Å². The Morgan fingerprint density at radius 2 is 2.29 bits per heavy atom. The van der Waals surface area contributed by atoms with E-state index in [1.165, 1.54) is 12.1 Å². The van der Waals surface area contributed by atoms with Gasteiger partial charge in [0.15, 0.2) is 0 Å². The molecule has 0 aliphatic heterocycles. The molecule has 0 aromatic heterocycles. The van der Waals surface area contributed by atoms with Gasteiger partial charge in [0.1, 0.15) is 0 Å². The quantitative estimate of drug-likeness (QED) is 0.412. The second-order valence-electron chi connectivity index (χ2n) is 2.98. The van der Waals surface area contributed by atoms with Crippen molar-refractivity contribution in [2.45, 2.75) is 20.0 Å². The molecule has 0 aliphatic carbocycles. The first kappa shape index (κ1) is 10.7. The van der Waals surface area contributed by atoms with Crippen molar-refractivity contribution in [3.05, 3.63) is 39.9 Å². The van der Waals surface area contributed by atoms with Crippen molar-refractivity contribution in [2.75, 3.05) is 6.61 Å². The lowest BCUT2D eigenvalue weighted by molar-refractivity contribution is -0.384. The van der Waals surface area contributed by atoms with Crippen LogP contribution in [0.25, 0.3) is 0 Å². The summed E-state index contributed by atoms with van der Waals surface area (Å²) in [6.07, 6.45) is 0.953. The van der Waals surface area contributed by atoms with Gasteiger partial charge in [-0.2, -0.15) is 0 Å². The maximum atomic E-state index is 10.4. The monoisotopic (exact) mass is 195 g/mol. The Labute approximate surface area is 82.7 Å². The van der Waals surface area contributed by atoms with E-state index in [2.05, 4.69) is 0 Å². The molecule has 0 atom stereocenters. The summed E-state index contributed by atoms with van der Waals surface area (Å²) in [7, 11) is 0. The van der Waals surface area contributed by atoms with Crippen molar-refractivity contribution in [3.63, 3.8) is 0 Å². The van der Waals surface area contributed by atoms with E-state index >= 15 is 0 Å². The highest BCUT2D eigenvalue weighted by atomic mass is 16.6. The van der Waals surface area contributed by atoms with Crippen LogP contribution in [0, 0.1) is 10.1 Å². The average Bonchev–Trinajstić information content (AvgIpc) is 2.19. The van der Waals surface area contributed by atoms with E-state index in [-0.39, 0.29) is 5.69 Å². The molecule has 76 valence electrons. The number of nitro benzene ring substituents is 1. The van der Waals surface area contributed by atoms with E-state index in [9.17, 15) is 10.1 Å². The lowest BCUT2D eigenvalue weighted by Gasteiger charge is -2.01. The van der Waals surface area contributed by atoms with Crippen molar-refractivity contribution < 1.29 is 9.66 Å². The molecule has 1 rings (SSSR count). The molecular formula is C10H13NO3. The predicted molar refractivity (Wildman–Crippen MR) is 53.0 cm³/mol. The van der Waals surface area contributed by atoms with Gasteiger partial charge in [0.05, 0.1) is 11.5 Å². The summed E-state index contributed by atoms with van der Waals surface area (Å²) in [5, 5.41) is 10.4. The van der Waals surface area contributed by atoms with Gasteiger partial charge in [-0.1, -0.05) is 19.1 Å². The maximum absolute atomic E-state index is 10.4. The van der Waals surface area contributed by atoms with Gasteiger partial charge in [-0.3, -0.25) is 10.1 Å². The number of benzene rings is 1. The summed E-state index contributed by atoms with van der Waals surface area (Å²) < 4.78 is 5.28. The summed E-state index contributed by atoms with van der Waals surface area (Å²) in [5.41, 5.74) is 0.954. The minimum Gasteiger partial charge on any atom is -0.377 e. The number of non-ortho nitro benzene ring substituents is 1. The molecular weight excluding hydrogens is 182 g/mol. The van der Waals surface area contributed by atoms with E-state index < -0.39 is 4.92 Å². The van der Waals surface area contributed by atoms with E-state index in [0.29, 0.717) is 13.2 Å². The summed E-state index contributed by atoms with van der Waals surface area (Å²) in [5.74, 6) is 0. The van der Waals surface area contributed by atoms with Crippen LogP contribution in [0.1, 0.15) is 18.9 Å². The van der Waals surface area contributed by atoms with E-state index in [4.69, 9.17) is 4.74 Å². The lowest BCUT2D eigenvalue weighted by Crippen LogP contribution is -1.95. The molecule has 0 amide bonds. The summed E-state index contributed by atoms with van der Waals surface area (Å²) in [4.78, 5) is 10.0. The third-order valence-corrected chi connectivity index (χ3v) is 1.74. The molecule has 1 aromatic rings. The van der Waals surface area contributed by atoms with Crippen LogP contribution in [0.3, 0.4) is 0 Å². The zero-order chi connectivity index (χ0) is 10.4. The molecule has 0 radical (unpaired) electrons. The number of ether oxygens (including phenoxy) is 1. The van der Waals surface area contributed by atoms with Crippen molar-refractivity contribution in [2.24, 2.45) is 0 Å². The van der Waals surface area contributed by atoms with Crippen LogP contribution >= 0.6 is 0 Å². The molecule has 4 nitrogen and oxygen atoms in total. The smallest absolute Gasteiger partial charge is 0.269 e. The minimum absolute atomic E-state index is 0.114. The summed E-state index contributed by atoms with van der Waals surface area (Å²) >= 11 is 0. The van der Waals surface area contributed by atoms with E-state index in [1.807, 2.05) is 13.0 Å². The number of hydrogen-bond donors (Lipinski definition) is 0. The average molecular weight is 195 g/mol. The van der Waals surface area contributed by atoms with E-state index in [1.54, 1.807) is 6.07 Å². The molecule has 0 spiro atoms. The molecule has 1 aromatic carbocycles. The number of nitrogens with zero attached hydrogens (tertiary/aromatic N) is 1. The minimum atomic E-state index is -0.399. The van der Waals surface area contributed by atoms with Gasteiger partial charge < -0.3 is 4.74 Å². The van der Waals surface area contributed by atoms with Crippen LogP contribution in [0.2, 0.25) is 0 Å². The Bertz CT molecular complexity index is 312. The first-order valence-electron chi connectivity index (χ1n) is 4.55. The van der Waals surface area contributed by atoms with Gasteiger partial charge in [0, 0.05) is 18.7 Å². The Morgan fingerprint density at radius 1 is 1.50 bits per heavy atom. The highest BCUT2D eigenvalue weighted by Gasteiger charge is 2.04. The van der Waals surface area contributed by atoms with Crippen molar-refractivity contribution in [1.29, 1.82) is 0 Å². The van der Waals surface area contributed by atoms with Gasteiger partial charge in [-0.25, -0.2) is 0 Å². The second-order valence-corrected chi connectivity index (χ2v) is 2.98. The van der Waals surface area contributed by atoms with Crippen LogP contribution in [0.15, 0.2) is 24.3 Å². The number of nitro groups is 1. The van der Waals surface area contributed by atoms with Crippen LogP contribution < -0.4 is 0 Å². The van der Waals surface area contributed by atoms with Gasteiger partial charge >= 0.3 is 0 Å². The van der Waals surface area contributed by atoms with Gasteiger partial charge in [-0.15, -0.1) is 0 Å². The molecule has 0 aliphatic rings. The molecule has 4 heteroatoms. The van der Waals surface area contributed by atoms with E-state index in [0.717, 1.165) is 12.0 Å². The fourth-order valence-electron chi connectivity index (χ4n) is 1.09. The second kappa shape index (κ2) is 5.34. The van der Waals surface area contributed by atoms with Gasteiger partial charge in [0.2, 0.25) is 0 Å². The number of hydrogen-bond acceptors (Lipinski definition) is 3. The van der Waals surface area contributed by atoms with Gasteiger partial charge in [0.25, 0.3) is 5.69 Å². The molecule has 0 unspecified atom stereocenters. The SMILES string of the molecule is CCCOCc1cccc([N+](=O)[O-])c1. The Kier molecular flexibility index (Phi) is 4.07. The third-order valence-electron chi connectivity index (χ3n) is 1.74. The molecule has 0 fully saturated rings. The van der Waals surface area contributed by atoms with Crippen LogP contribution in [0.5, 0.6) is 0 Å². The highest BCUT2D eigenvalue weighted by molar-refractivity contribution is 5.33. The van der Waals surface area contributed by atoms with Gasteiger partial charge in [-0.05, 0) is 12.0 Å². The molecule has 0 saturated carbocycles. The maximum Gasteiger partial charge on any atom is 0.269 e. The van der Waals surface area contributed by atoms with Crippen molar-refractivity contribution in [3.8, 4) is 0 Å². The Balaban J connectivity index is 2.59. The number of rotatable bonds is 5. The molecule has 0 bridgehead atoms. The first-order chi connectivity index (χ1) is 6.74. The first-order valence-corrected chi connectivity index (χ1v) is 4.55. The molecule has 0 N–H and O–H groups in total. The van der Waals surface area contributed by atoms with Crippen LogP contribution in [0.4, 0.5) is 5.69 Å². The Morgan fingerprint density at radius 3 is 2.93 bits per heavy atom. The zero-order valence-corrected chi connectivity index (χ0v) is 8.10. The highest BCUT2D eigenvalue weighted by Crippen LogP contribution is 2.13. The summed E-state index contributed by atoms with van der Waals surface area (Å²) in [6.45, 7) is 3.14. The Hall–Kier alpha value is -1.42. The topological polar surface area (TPSA) is 52.4 Å². The molecule has 14 heavy (non-hydrogen) atoms. The normalized spacial score (nSPS) is 10.1. The third kappa shape index (κ3) is 3.14. The lowest BCUT2D eigenvalue weighted by atomic mass is 10.2. The van der Waals surface area contributed by atoms with Crippen molar-refractivity contribution >= 4 is 5.69 Å². The van der Waals surface area contributed by atoms with Crippen LogP contribution in [-0.2, 0) is 11.3 Å². The fourth-order valence-corrected chi connectivity index (χ4v) is 1.09. The molecule has 0 heterocycles. The zero-order valence-electron chi connectivity index (χ0n) is 8.10. The largest absolute Gasteiger partial charge is 0.377 e. The standard InChI is InChI=1S/C10H13NO3/c1-2-6-14-8-9-4-3-5-10(7-9)11(12)13/h3-5,7H,2,6,8H2,1H3. The fraction of sp³-hybridized carbons (Fsp3) is 0.400. The summed E-state index contributed by atoms with van der Waals surface area (Å²) in [6, 6.07) is 6.50.